The van der Waals surface area contributed by atoms with Crippen molar-refractivity contribution in [2.45, 2.75) is 0 Å². The average Bonchev–Trinajstić information content (AvgIpc) is 3.24. The second-order valence-corrected chi connectivity index (χ2v) is 7.29. The predicted octanol–water partition coefficient (Wildman–Crippen LogP) is 5.05. The molecule has 5 nitrogen and oxygen atoms in total. The molecule has 0 spiro atoms. The molecule has 146 valence electrons. The van der Waals surface area contributed by atoms with E-state index in [0.717, 1.165) is 33.5 Å². The molecule has 0 saturated carbocycles. The number of hydrogen-bond acceptors (Lipinski definition) is 3. The zero-order valence-corrected chi connectivity index (χ0v) is 16.4. The van der Waals surface area contributed by atoms with Crippen molar-refractivity contribution in [2.75, 3.05) is 0 Å². The van der Waals surface area contributed by atoms with E-state index in [4.69, 9.17) is 5.10 Å². The molecule has 0 saturated heterocycles. The first-order valence-electron chi connectivity index (χ1n) is 9.59. The minimum absolute atomic E-state index is 0.0217. The first kappa shape index (κ1) is 17.9. The fourth-order valence-electron chi connectivity index (χ4n) is 3.77. The molecular formula is C25H19N3O2. The van der Waals surface area contributed by atoms with E-state index in [-0.39, 0.29) is 11.3 Å². The number of fused-ring (bicyclic) bond motifs is 3. The van der Waals surface area contributed by atoms with Gasteiger partial charge in [-0.05, 0) is 29.3 Å². The number of aromatic nitrogens is 3. The molecule has 30 heavy (non-hydrogen) atoms. The molecule has 5 rings (SSSR count). The van der Waals surface area contributed by atoms with E-state index in [9.17, 15) is 9.90 Å². The molecule has 5 aromatic rings. The highest BCUT2D eigenvalue weighted by Gasteiger charge is 2.14. The van der Waals surface area contributed by atoms with Crippen molar-refractivity contribution in [3.05, 3.63) is 101 Å². The van der Waals surface area contributed by atoms with Crippen LogP contribution in [0.25, 0.3) is 44.7 Å². The van der Waals surface area contributed by atoms with Crippen molar-refractivity contribution in [1.82, 2.24) is 14.2 Å². The Morgan fingerprint density at radius 2 is 1.63 bits per heavy atom. The van der Waals surface area contributed by atoms with Crippen molar-refractivity contribution >= 4 is 22.3 Å². The molecule has 0 amide bonds. The van der Waals surface area contributed by atoms with Crippen LogP contribution in [0, 0.1) is 0 Å². The van der Waals surface area contributed by atoms with Gasteiger partial charge < -0.3 is 5.11 Å². The Labute approximate surface area is 172 Å². The summed E-state index contributed by atoms with van der Waals surface area (Å²) in [5, 5.41) is 15.1. The molecule has 0 unspecified atom stereocenters. The summed E-state index contributed by atoms with van der Waals surface area (Å²) in [6, 6.07) is 25.1. The van der Waals surface area contributed by atoms with Gasteiger partial charge in [0, 0.05) is 24.2 Å². The summed E-state index contributed by atoms with van der Waals surface area (Å²) in [4.78, 5) is 13.0. The Morgan fingerprint density at radius 3 is 2.40 bits per heavy atom. The Kier molecular flexibility index (Phi) is 4.03. The highest BCUT2D eigenvalue weighted by atomic mass is 16.3. The smallest absolute Gasteiger partial charge is 0.261 e. The van der Waals surface area contributed by atoms with Crippen molar-refractivity contribution in [3.63, 3.8) is 0 Å². The summed E-state index contributed by atoms with van der Waals surface area (Å²) in [5.41, 5.74) is 5.70. The normalized spacial score (nSPS) is 11.2. The van der Waals surface area contributed by atoms with Crippen LogP contribution < -0.4 is 5.56 Å². The number of benzene rings is 3. The molecule has 0 aliphatic heterocycles. The number of nitrogens with zero attached hydrogens (tertiary/aromatic N) is 3. The van der Waals surface area contributed by atoms with E-state index in [2.05, 4.69) is 6.58 Å². The highest BCUT2D eigenvalue weighted by molar-refractivity contribution is 5.86. The molecule has 0 bridgehead atoms. The summed E-state index contributed by atoms with van der Waals surface area (Å²) in [7, 11) is 1.76. The summed E-state index contributed by atoms with van der Waals surface area (Å²) < 4.78 is 3.44. The maximum absolute atomic E-state index is 13.0. The van der Waals surface area contributed by atoms with Crippen molar-refractivity contribution < 1.29 is 5.11 Å². The summed E-state index contributed by atoms with van der Waals surface area (Å²) >= 11 is 0. The van der Waals surface area contributed by atoms with Crippen LogP contribution in [0.5, 0.6) is 0 Å². The molecule has 0 aliphatic carbocycles. The average molecular weight is 393 g/mol. The maximum Gasteiger partial charge on any atom is 0.261 e. The Balaban J connectivity index is 1.78. The topological polar surface area (TPSA) is 59.5 Å². The third-order valence-corrected chi connectivity index (χ3v) is 5.39. The van der Waals surface area contributed by atoms with Crippen molar-refractivity contribution in [3.8, 4) is 22.4 Å². The van der Waals surface area contributed by atoms with E-state index < -0.39 is 0 Å². The molecule has 2 heterocycles. The fraction of sp³-hybridized carbons (Fsp3) is 0.0400. The van der Waals surface area contributed by atoms with Gasteiger partial charge in [-0.3, -0.25) is 9.36 Å². The van der Waals surface area contributed by atoms with Crippen molar-refractivity contribution in [1.29, 1.82) is 0 Å². The molecular weight excluding hydrogens is 374 g/mol. The van der Waals surface area contributed by atoms with Gasteiger partial charge in [0.15, 0.2) is 0 Å². The number of hydrogen-bond donors (Lipinski definition) is 1. The van der Waals surface area contributed by atoms with Crippen LogP contribution in [-0.4, -0.2) is 19.3 Å². The maximum atomic E-state index is 13.0. The highest BCUT2D eigenvalue weighted by Crippen LogP contribution is 2.27. The van der Waals surface area contributed by atoms with Gasteiger partial charge in [-0.25, -0.2) is 4.52 Å². The van der Waals surface area contributed by atoms with Gasteiger partial charge in [0.1, 0.15) is 11.4 Å². The third kappa shape index (κ3) is 2.79. The molecule has 5 heteroatoms. The van der Waals surface area contributed by atoms with Crippen LogP contribution in [0.1, 0.15) is 5.56 Å². The van der Waals surface area contributed by atoms with E-state index in [1.165, 1.54) is 0 Å². The van der Waals surface area contributed by atoms with Gasteiger partial charge in [0.05, 0.1) is 16.6 Å². The lowest BCUT2D eigenvalue weighted by Gasteiger charge is -2.09. The predicted molar refractivity (Wildman–Crippen MR) is 120 cm³/mol. The quantitative estimate of drug-likeness (QED) is 0.437. The second-order valence-electron chi connectivity index (χ2n) is 7.29. The van der Waals surface area contributed by atoms with Crippen LogP contribution in [0.2, 0.25) is 0 Å². The van der Waals surface area contributed by atoms with E-state index >= 15 is 0 Å². The van der Waals surface area contributed by atoms with Gasteiger partial charge in [0.2, 0.25) is 0 Å². The Hall–Kier alpha value is -4.12. The van der Waals surface area contributed by atoms with Gasteiger partial charge in [-0.15, -0.1) is 0 Å². The zero-order chi connectivity index (χ0) is 20.8. The van der Waals surface area contributed by atoms with E-state index in [1.807, 2.05) is 77.3 Å². The van der Waals surface area contributed by atoms with E-state index in [1.54, 1.807) is 17.7 Å². The van der Waals surface area contributed by atoms with Crippen LogP contribution in [0.3, 0.4) is 0 Å². The number of aliphatic hydroxyl groups is 1. The lowest BCUT2D eigenvalue weighted by atomic mass is 10.0. The molecule has 1 N–H and O–H groups in total. The van der Waals surface area contributed by atoms with Crippen LogP contribution in [-0.2, 0) is 7.05 Å². The number of aryl methyl sites for hydroxylation is 1. The van der Waals surface area contributed by atoms with Gasteiger partial charge in [0.25, 0.3) is 5.56 Å². The second kappa shape index (κ2) is 6.74. The SMILES string of the molecule is C=C(O)c1cccc(-c2ccc3c(=O)n(C)c4cc(-c5ccccc5)nn4c3c2)c1. The summed E-state index contributed by atoms with van der Waals surface area (Å²) in [6.45, 7) is 3.60. The molecule has 0 atom stereocenters. The van der Waals surface area contributed by atoms with Gasteiger partial charge in [-0.2, -0.15) is 5.10 Å². The van der Waals surface area contributed by atoms with Gasteiger partial charge >= 0.3 is 0 Å². The molecule has 2 aromatic heterocycles. The first-order chi connectivity index (χ1) is 14.5. The standard InChI is InChI=1S/C25H19N3O2/c1-16(29)18-9-6-10-19(13-18)20-11-12-21-23(14-20)28-24(27(2)25(21)30)15-22(26-28)17-7-4-3-5-8-17/h3-15,29H,1H2,2H3. The zero-order valence-electron chi connectivity index (χ0n) is 16.4. The van der Waals surface area contributed by atoms with Crippen LogP contribution in [0.4, 0.5) is 0 Å². The Morgan fingerprint density at radius 1 is 0.900 bits per heavy atom. The molecule has 0 radical (unpaired) electrons. The number of aliphatic hydroxyl groups excluding tert-OH is 1. The largest absolute Gasteiger partial charge is 0.508 e. The summed E-state index contributed by atoms with van der Waals surface area (Å²) in [6.07, 6.45) is 0. The minimum atomic E-state index is -0.0685. The summed E-state index contributed by atoms with van der Waals surface area (Å²) in [5.74, 6) is 0.0217. The molecule has 0 aliphatic rings. The lowest BCUT2D eigenvalue weighted by Crippen LogP contribution is -2.19. The molecule has 0 fully saturated rings. The monoisotopic (exact) mass is 393 g/mol. The third-order valence-electron chi connectivity index (χ3n) is 5.39. The van der Waals surface area contributed by atoms with Crippen LogP contribution >= 0.6 is 0 Å². The van der Waals surface area contributed by atoms with Crippen LogP contribution in [0.15, 0.2) is 90.2 Å². The minimum Gasteiger partial charge on any atom is -0.508 e. The van der Waals surface area contributed by atoms with Crippen molar-refractivity contribution in [2.24, 2.45) is 7.05 Å². The lowest BCUT2D eigenvalue weighted by molar-refractivity contribution is 0.514. The fourth-order valence-corrected chi connectivity index (χ4v) is 3.77. The molecule has 3 aromatic carbocycles. The number of rotatable bonds is 3. The van der Waals surface area contributed by atoms with Gasteiger partial charge in [-0.1, -0.05) is 61.2 Å². The first-order valence-corrected chi connectivity index (χ1v) is 9.59. The Bertz CT molecular complexity index is 1490. The van der Waals surface area contributed by atoms with E-state index in [0.29, 0.717) is 10.9 Å².